The lowest BCUT2D eigenvalue weighted by Gasteiger charge is -2.11. The highest BCUT2D eigenvalue weighted by molar-refractivity contribution is 8.38. The van der Waals surface area contributed by atoms with Crippen molar-refractivity contribution in [3.05, 3.63) is 39.8 Å². The summed E-state index contributed by atoms with van der Waals surface area (Å²) in [4.78, 5) is 16.3. The maximum Gasteiger partial charge on any atom is 0.368 e. The third-order valence-electron chi connectivity index (χ3n) is 3.03. The van der Waals surface area contributed by atoms with Crippen LogP contribution in [-0.2, 0) is 12.8 Å². The first-order chi connectivity index (χ1) is 10.1. The molecule has 0 saturated carbocycles. The minimum absolute atomic E-state index is 0.249. The lowest BCUT2D eigenvalue weighted by atomic mass is 10.1. The van der Waals surface area contributed by atoms with E-state index in [0.29, 0.717) is 0 Å². The summed E-state index contributed by atoms with van der Waals surface area (Å²) in [7, 11) is 3.37. The Bertz CT molecular complexity index is 720. The molecule has 2 rings (SSSR count). The number of benzene rings is 1. The first-order valence-electron chi connectivity index (χ1n) is 6.30. The quantitative estimate of drug-likeness (QED) is 0.637. The van der Waals surface area contributed by atoms with Gasteiger partial charge in [-0.15, -0.1) is 11.8 Å². The van der Waals surface area contributed by atoms with Gasteiger partial charge in [-0.25, -0.2) is 4.79 Å². The summed E-state index contributed by atoms with van der Waals surface area (Å²) in [5, 5.41) is 7.70. The first-order valence-corrected chi connectivity index (χ1v) is 8.51. The molecule has 112 valence electrons. The summed E-state index contributed by atoms with van der Waals surface area (Å²) >= 11 is 3.27. The highest BCUT2D eigenvalue weighted by Gasteiger charge is 2.13. The van der Waals surface area contributed by atoms with Crippen LogP contribution >= 0.6 is 23.5 Å². The molecule has 0 spiro atoms. The SMILES string of the molecule is CN=C(SC)SCc1c(C)cccc1-n1nnn(C)c1=O. The van der Waals surface area contributed by atoms with E-state index in [2.05, 4.69) is 15.4 Å². The molecular weight excluding hydrogens is 306 g/mol. The maximum atomic E-state index is 12.0. The molecule has 0 atom stereocenters. The normalized spacial score (nSPS) is 11.9. The highest BCUT2D eigenvalue weighted by atomic mass is 32.2. The van der Waals surface area contributed by atoms with Gasteiger partial charge in [0.1, 0.15) is 4.38 Å². The zero-order valence-corrected chi connectivity index (χ0v) is 14.0. The number of hydrogen-bond donors (Lipinski definition) is 0. The number of thioether (sulfide) groups is 2. The van der Waals surface area contributed by atoms with E-state index in [1.54, 1.807) is 37.6 Å². The fourth-order valence-corrected chi connectivity index (χ4v) is 3.49. The van der Waals surface area contributed by atoms with E-state index in [1.165, 1.54) is 9.36 Å². The van der Waals surface area contributed by atoms with Crippen molar-refractivity contribution in [1.29, 1.82) is 0 Å². The van der Waals surface area contributed by atoms with E-state index >= 15 is 0 Å². The van der Waals surface area contributed by atoms with Gasteiger partial charge in [-0.1, -0.05) is 23.9 Å². The van der Waals surface area contributed by atoms with Gasteiger partial charge in [0.05, 0.1) is 5.69 Å². The van der Waals surface area contributed by atoms with Crippen LogP contribution in [-0.4, -0.2) is 37.5 Å². The van der Waals surface area contributed by atoms with Gasteiger partial charge < -0.3 is 0 Å². The molecule has 0 aliphatic rings. The van der Waals surface area contributed by atoms with Crippen LogP contribution in [0.15, 0.2) is 28.0 Å². The van der Waals surface area contributed by atoms with E-state index in [9.17, 15) is 4.79 Å². The smallest absolute Gasteiger partial charge is 0.275 e. The molecule has 8 heteroatoms. The van der Waals surface area contributed by atoms with Gasteiger partial charge in [-0.05, 0) is 40.8 Å². The average Bonchev–Trinajstić information content (AvgIpc) is 2.81. The van der Waals surface area contributed by atoms with Crippen molar-refractivity contribution in [1.82, 2.24) is 19.8 Å². The molecule has 0 radical (unpaired) electrons. The van der Waals surface area contributed by atoms with Crippen LogP contribution in [0.1, 0.15) is 11.1 Å². The largest absolute Gasteiger partial charge is 0.368 e. The molecule has 1 aromatic carbocycles. The molecule has 0 amide bonds. The molecule has 0 aliphatic carbocycles. The molecule has 6 nitrogen and oxygen atoms in total. The Labute approximate surface area is 131 Å². The molecule has 1 aromatic heterocycles. The van der Waals surface area contributed by atoms with Crippen molar-refractivity contribution in [2.24, 2.45) is 12.0 Å². The molecule has 2 aromatic rings. The molecule has 0 aliphatic heterocycles. The van der Waals surface area contributed by atoms with E-state index in [4.69, 9.17) is 0 Å². The summed E-state index contributed by atoms with van der Waals surface area (Å²) < 4.78 is 3.57. The van der Waals surface area contributed by atoms with Gasteiger partial charge in [0.25, 0.3) is 0 Å². The molecule has 21 heavy (non-hydrogen) atoms. The van der Waals surface area contributed by atoms with Crippen molar-refractivity contribution in [3.8, 4) is 5.69 Å². The Balaban J connectivity index is 2.42. The summed E-state index contributed by atoms with van der Waals surface area (Å²) in [5.41, 5.74) is 2.72. The lowest BCUT2D eigenvalue weighted by molar-refractivity contribution is 0.692. The molecule has 0 N–H and O–H groups in total. The lowest BCUT2D eigenvalue weighted by Crippen LogP contribution is -2.23. The van der Waals surface area contributed by atoms with E-state index in [0.717, 1.165) is 26.9 Å². The molecule has 0 fully saturated rings. The van der Waals surface area contributed by atoms with E-state index in [1.807, 2.05) is 31.4 Å². The summed E-state index contributed by atoms with van der Waals surface area (Å²) in [5.74, 6) is 0.735. The number of hydrogen-bond acceptors (Lipinski definition) is 6. The fourth-order valence-electron chi connectivity index (χ4n) is 1.89. The van der Waals surface area contributed by atoms with Crippen LogP contribution < -0.4 is 5.69 Å². The Morgan fingerprint density at radius 3 is 2.71 bits per heavy atom. The van der Waals surface area contributed by atoms with Crippen molar-refractivity contribution >= 4 is 27.9 Å². The average molecular weight is 323 g/mol. The van der Waals surface area contributed by atoms with Gasteiger partial charge in [0, 0.05) is 19.8 Å². The number of nitrogens with zero attached hydrogens (tertiary/aromatic N) is 5. The third kappa shape index (κ3) is 3.38. The Morgan fingerprint density at radius 2 is 2.14 bits per heavy atom. The second-order valence-electron chi connectivity index (χ2n) is 4.35. The Kier molecular flexibility index (Phi) is 5.24. The van der Waals surface area contributed by atoms with Gasteiger partial charge >= 0.3 is 5.69 Å². The van der Waals surface area contributed by atoms with Crippen molar-refractivity contribution in [3.63, 3.8) is 0 Å². The molecule has 0 bridgehead atoms. The summed E-state index contributed by atoms with van der Waals surface area (Å²) in [6, 6.07) is 5.84. The van der Waals surface area contributed by atoms with Crippen molar-refractivity contribution in [2.45, 2.75) is 12.7 Å². The number of aromatic nitrogens is 4. The van der Waals surface area contributed by atoms with E-state index < -0.39 is 0 Å². The zero-order chi connectivity index (χ0) is 15.4. The zero-order valence-electron chi connectivity index (χ0n) is 12.4. The number of aliphatic imine (C=N–C) groups is 1. The molecule has 1 heterocycles. The maximum absolute atomic E-state index is 12.0. The van der Waals surface area contributed by atoms with E-state index in [-0.39, 0.29) is 5.69 Å². The van der Waals surface area contributed by atoms with Gasteiger partial charge in [0.15, 0.2) is 0 Å². The molecular formula is C13H17N5OS2. The second kappa shape index (κ2) is 6.95. The fraction of sp³-hybridized carbons (Fsp3) is 0.385. The Hall–Kier alpha value is -1.54. The molecule has 0 saturated heterocycles. The van der Waals surface area contributed by atoms with Gasteiger partial charge in [-0.2, -0.15) is 9.36 Å². The number of aryl methyl sites for hydroxylation is 2. The predicted octanol–water partition coefficient (Wildman–Crippen LogP) is 1.86. The highest BCUT2D eigenvalue weighted by Crippen LogP contribution is 2.25. The van der Waals surface area contributed by atoms with Crippen LogP contribution in [0.25, 0.3) is 5.69 Å². The first kappa shape index (κ1) is 15.8. The monoisotopic (exact) mass is 323 g/mol. The summed E-state index contributed by atoms with van der Waals surface area (Å²) in [6.07, 6.45) is 2.00. The minimum atomic E-state index is -0.249. The standard InChI is InChI=1S/C13H17N5OS2/c1-9-6-5-7-11(18-13(19)17(3)15-16-18)10(9)8-21-12(14-2)20-4/h5-7H,8H2,1-4H3. The number of tetrazole rings is 1. The summed E-state index contributed by atoms with van der Waals surface area (Å²) in [6.45, 7) is 2.03. The third-order valence-corrected chi connectivity index (χ3v) is 5.28. The van der Waals surface area contributed by atoms with Gasteiger partial charge in [-0.3, -0.25) is 4.99 Å². The predicted molar refractivity (Wildman–Crippen MR) is 89.5 cm³/mol. The van der Waals surface area contributed by atoms with Crippen LogP contribution in [0.4, 0.5) is 0 Å². The number of rotatable bonds is 3. The van der Waals surface area contributed by atoms with Crippen LogP contribution in [0.5, 0.6) is 0 Å². The Morgan fingerprint density at radius 1 is 1.38 bits per heavy atom. The minimum Gasteiger partial charge on any atom is -0.275 e. The van der Waals surface area contributed by atoms with Crippen LogP contribution in [0.3, 0.4) is 0 Å². The molecule has 0 unspecified atom stereocenters. The van der Waals surface area contributed by atoms with Crippen molar-refractivity contribution in [2.75, 3.05) is 13.3 Å². The second-order valence-corrected chi connectivity index (χ2v) is 6.37. The van der Waals surface area contributed by atoms with Crippen molar-refractivity contribution < 1.29 is 0 Å². The van der Waals surface area contributed by atoms with Crippen LogP contribution in [0.2, 0.25) is 0 Å². The van der Waals surface area contributed by atoms with Crippen LogP contribution in [0, 0.1) is 6.92 Å². The van der Waals surface area contributed by atoms with Gasteiger partial charge in [0.2, 0.25) is 0 Å². The topological polar surface area (TPSA) is 65.1 Å².